The number of hydrogen-bond acceptors (Lipinski definition) is 3. The van der Waals surface area contributed by atoms with E-state index in [0.29, 0.717) is 35.5 Å². The largest absolute Gasteiger partial charge is 0.368 e. The molecule has 2 aliphatic carbocycles. The van der Waals surface area contributed by atoms with E-state index in [9.17, 15) is 9.59 Å². The third-order valence-electron chi connectivity index (χ3n) is 7.98. The molecule has 2 saturated carbocycles. The van der Waals surface area contributed by atoms with Gasteiger partial charge in [-0.15, -0.1) is 0 Å². The Kier molecular flexibility index (Phi) is 5.00. The van der Waals surface area contributed by atoms with E-state index in [4.69, 9.17) is 0 Å². The molecule has 0 bridgehead atoms. The predicted octanol–water partition coefficient (Wildman–Crippen LogP) is 3.15. The van der Waals surface area contributed by atoms with Crippen LogP contribution in [0.15, 0.2) is 30.3 Å². The lowest BCUT2D eigenvalue weighted by atomic mass is 9.79. The summed E-state index contributed by atoms with van der Waals surface area (Å²) in [5.41, 5.74) is 1.67. The van der Waals surface area contributed by atoms with Crippen molar-refractivity contribution in [3.8, 4) is 0 Å². The van der Waals surface area contributed by atoms with E-state index in [1.54, 1.807) is 0 Å². The van der Waals surface area contributed by atoms with Gasteiger partial charge in [-0.3, -0.25) is 9.59 Å². The van der Waals surface area contributed by atoms with Gasteiger partial charge in [-0.05, 0) is 55.6 Å². The topological polar surface area (TPSA) is 43.9 Å². The molecule has 0 N–H and O–H groups in total. The van der Waals surface area contributed by atoms with Gasteiger partial charge in [-0.2, -0.15) is 0 Å². The van der Waals surface area contributed by atoms with Gasteiger partial charge in [0, 0.05) is 57.3 Å². The van der Waals surface area contributed by atoms with Crippen LogP contribution in [0.5, 0.6) is 0 Å². The number of carbonyl (C=O) groups excluding carboxylic acids is 2. The second-order valence-corrected chi connectivity index (χ2v) is 9.65. The Labute approximate surface area is 174 Å². The highest BCUT2D eigenvalue weighted by Gasteiger charge is 2.61. The van der Waals surface area contributed by atoms with E-state index in [1.807, 2.05) is 11.0 Å². The van der Waals surface area contributed by atoms with Crippen molar-refractivity contribution < 1.29 is 9.59 Å². The van der Waals surface area contributed by atoms with Gasteiger partial charge in [0.1, 0.15) is 0 Å². The van der Waals surface area contributed by atoms with Crippen molar-refractivity contribution in [3.05, 3.63) is 30.3 Å². The molecule has 5 nitrogen and oxygen atoms in total. The molecule has 2 heterocycles. The lowest BCUT2D eigenvalue weighted by Crippen LogP contribution is -2.49. The fraction of sp³-hybridized carbons (Fsp3) is 0.667. The molecule has 5 rings (SSSR count). The van der Waals surface area contributed by atoms with E-state index in [-0.39, 0.29) is 0 Å². The molecule has 156 valence electrons. The van der Waals surface area contributed by atoms with Crippen LogP contribution in [0, 0.1) is 17.3 Å². The molecule has 1 aromatic carbocycles. The average Bonchev–Trinajstić information content (AvgIpc) is 3.51. The summed E-state index contributed by atoms with van der Waals surface area (Å²) in [7, 11) is 0. The van der Waals surface area contributed by atoms with Crippen molar-refractivity contribution in [2.75, 3.05) is 44.2 Å². The fourth-order valence-corrected chi connectivity index (χ4v) is 5.69. The van der Waals surface area contributed by atoms with Crippen LogP contribution in [-0.4, -0.2) is 60.9 Å². The molecule has 1 atom stereocenters. The third-order valence-corrected chi connectivity index (χ3v) is 7.98. The Bertz CT molecular complexity index is 745. The Balaban J connectivity index is 1.05. The van der Waals surface area contributed by atoms with Crippen molar-refractivity contribution in [3.63, 3.8) is 0 Å². The van der Waals surface area contributed by atoms with Crippen LogP contribution in [0.25, 0.3) is 0 Å². The van der Waals surface area contributed by atoms with Crippen molar-refractivity contribution in [1.29, 1.82) is 0 Å². The number of amides is 2. The maximum Gasteiger partial charge on any atom is 0.226 e. The Morgan fingerprint density at radius 2 is 1.59 bits per heavy atom. The van der Waals surface area contributed by atoms with E-state index in [1.165, 1.54) is 24.9 Å². The first kappa shape index (κ1) is 19.0. The summed E-state index contributed by atoms with van der Waals surface area (Å²) in [5.74, 6) is 1.48. The summed E-state index contributed by atoms with van der Waals surface area (Å²) in [6, 6.07) is 10.5. The summed E-state index contributed by atoms with van der Waals surface area (Å²) >= 11 is 0. The smallest absolute Gasteiger partial charge is 0.226 e. The number of carbonyl (C=O) groups is 2. The molecule has 1 spiro atoms. The molecule has 2 amide bonds. The van der Waals surface area contributed by atoms with E-state index in [2.05, 4.69) is 34.1 Å². The fourth-order valence-electron chi connectivity index (χ4n) is 5.69. The zero-order valence-corrected chi connectivity index (χ0v) is 17.4. The first-order chi connectivity index (χ1) is 14.1. The molecular weight excluding hydrogens is 362 g/mol. The minimum absolute atomic E-state index is 0.304. The summed E-state index contributed by atoms with van der Waals surface area (Å²) < 4.78 is 0. The predicted molar refractivity (Wildman–Crippen MR) is 114 cm³/mol. The van der Waals surface area contributed by atoms with Crippen LogP contribution in [0.2, 0.25) is 0 Å². The highest BCUT2D eigenvalue weighted by atomic mass is 16.2. The molecule has 1 aromatic rings. The molecular formula is C24H33N3O2. The SMILES string of the molecule is O=C(CC1CCN(C(=O)C2CC23CCC3)CC1)N1CCN(c2ccccc2)CC1. The first-order valence-electron chi connectivity index (χ1n) is 11.5. The summed E-state index contributed by atoms with van der Waals surface area (Å²) in [6.45, 7) is 5.15. The van der Waals surface area contributed by atoms with Crippen molar-refractivity contribution >= 4 is 17.5 Å². The van der Waals surface area contributed by atoms with E-state index >= 15 is 0 Å². The molecule has 29 heavy (non-hydrogen) atoms. The van der Waals surface area contributed by atoms with Crippen LogP contribution in [-0.2, 0) is 9.59 Å². The summed E-state index contributed by atoms with van der Waals surface area (Å²) in [4.78, 5) is 32.0. The monoisotopic (exact) mass is 395 g/mol. The molecule has 2 aliphatic heterocycles. The molecule has 0 radical (unpaired) electrons. The van der Waals surface area contributed by atoms with Crippen LogP contribution < -0.4 is 4.90 Å². The van der Waals surface area contributed by atoms with Crippen LogP contribution in [0.4, 0.5) is 5.69 Å². The summed E-state index contributed by atoms with van der Waals surface area (Å²) in [5, 5.41) is 0. The number of likely N-dealkylation sites (tertiary alicyclic amines) is 1. The van der Waals surface area contributed by atoms with Gasteiger partial charge in [0.2, 0.25) is 11.8 Å². The van der Waals surface area contributed by atoms with Gasteiger partial charge in [-0.25, -0.2) is 0 Å². The van der Waals surface area contributed by atoms with Crippen LogP contribution >= 0.6 is 0 Å². The van der Waals surface area contributed by atoms with Crippen molar-refractivity contribution in [2.24, 2.45) is 17.3 Å². The standard InChI is InChI=1S/C24H33N3O2/c28-22(26-15-13-25(14-16-26)20-5-2-1-3-6-20)17-19-7-11-27(12-8-19)23(29)21-18-24(21)9-4-10-24/h1-3,5-6,19,21H,4,7-18H2. The maximum absolute atomic E-state index is 12.8. The lowest BCUT2D eigenvalue weighted by Gasteiger charge is -2.38. The lowest BCUT2D eigenvalue weighted by molar-refractivity contribution is -0.136. The summed E-state index contributed by atoms with van der Waals surface area (Å²) in [6.07, 6.45) is 7.62. The first-order valence-corrected chi connectivity index (χ1v) is 11.5. The van der Waals surface area contributed by atoms with Gasteiger partial charge in [-0.1, -0.05) is 24.6 Å². The number of piperazine rings is 1. The van der Waals surface area contributed by atoms with Crippen molar-refractivity contribution in [2.45, 2.75) is 44.9 Å². The van der Waals surface area contributed by atoms with Crippen LogP contribution in [0.3, 0.4) is 0 Å². The van der Waals surface area contributed by atoms with E-state index < -0.39 is 0 Å². The van der Waals surface area contributed by atoms with Gasteiger partial charge < -0.3 is 14.7 Å². The molecule has 4 aliphatic rings. The molecule has 1 unspecified atom stereocenters. The Morgan fingerprint density at radius 1 is 0.897 bits per heavy atom. The normalized spacial score (nSPS) is 26.3. The number of rotatable bonds is 4. The maximum atomic E-state index is 12.8. The number of para-hydroxylation sites is 1. The zero-order chi connectivity index (χ0) is 19.8. The van der Waals surface area contributed by atoms with Gasteiger partial charge in [0.25, 0.3) is 0 Å². The number of piperidine rings is 1. The average molecular weight is 396 g/mol. The minimum atomic E-state index is 0.304. The quantitative estimate of drug-likeness (QED) is 0.787. The number of nitrogens with zero attached hydrogens (tertiary/aromatic N) is 3. The Morgan fingerprint density at radius 3 is 2.17 bits per heavy atom. The van der Waals surface area contributed by atoms with Gasteiger partial charge in [0.15, 0.2) is 0 Å². The van der Waals surface area contributed by atoms with Gasteiger partial charge in [0.05, 0.1) is 0 Å². The number of benzene rings is 1. The van der Waals surface area contributed by atoms with E-state index in [0.717, 1.165) is 58.5 Å². The second kappa shape index (κ2) is 7.66. The second-order valence-electron chi connectivity index (χ2n) is 9.65. The van der Waals surface area contributed by atoms with Gasteiger partial charge >= 0.3 is 0 Å². The zero-order valence-electron chi connectivity index (χ0n) is 17.4. The molecule has 5 heteroatoms. The minimum Gasteiger partial charge on any atom is -0.368 e. The molecule has 4 fully saturated rings. The third kappa shape index (κ3) is 3.76. The highest BCUT2D eigenvalue weighted by molar-refractivity contribution is 5.83. The number of hydrogen-bond donors (Lipinski definition) is 0. The number of anilines is 1. The van der Waals surface area contributed by atoms with Crippen LogP contribution in [0.1, 0.15) is 44.9 Å². The molecule has 2 saturated heterocycles. The highest BCUT2D eigenvalue weighted by Crippen LogP contribution is 2.66. The molecule has 0 aromatic heterocycles. The van der Waals surface area contributed by atoms with Crippen molar-refractivity contribution in [1.82, 2.24) is 9.80 Å². The Hall–Kier alpha value is -2.04.